The summed E-state index contributed by atoms with van der Waals surface area (Å²) in [6.45, 7) is 1.68. The monoisotopic (exact) mass is 420 g/mol. The molecular weight excluding hydrogens is 396 g/mol. The molecule has 1 fully saturated rings. The fourth-order valence-electron chi connectivity index (χ4n) is 4.50. The molecule has 0 spiro atoms. The van der Waals surface area contributed by atoms with E-state index in [9.17, 15) is 9.59 Å². The zero-order valence-corrected chi connectivity index (χ0v) is 17.5. The van der Waals surface area contributed by atoms with E-state index in [0.29, 0.717) is 18.6 Å². The predicted molar refractivity (Wildman–Crippen MR) is 116 cm³/mol. The highest BCUT2D eigenvalue weighted by Gasteiger charge is 2.26. The minimum Gasteiger partial charge on any atom is -0.369 e. The number of hydrogen-bond acceptors (Lipinski definition) is 6. The third kappa shape index (κ3) is 3.28. The normalized spacial score (nSPS) is 15.8. The van der Waals surface area contributed by atoms with E-state index in [1.54, 1.807) is 28.7 Å². The zero-order chi connectivity index (χ0) is 21.7. The number of fused-ring (bicyclic) bond motifs is 3. The lowest BCUT2D eigenvalue weighted by Gasteiger charge is -2.31. The molecule has 5 rings (SSSR count). The lowest BCUT2D eigenvalue weighted by atomic mass is 10.0. The summed E-state index contributed by atoms with van der Waals surface area (Å²) in [5.74, 6) is -0.329. The van der Waals surface area contributed by atoms with Crippen molar-refractivity contribution in [1.29, 1.82) is 0 Å². The van der Waals surface area contributed by atoms with Gasteiger partial charge in [0.15, 0.2) is 0 Å². The molecule has 31 heavy (non-hydrogen) atoms. The van der Waals surface area contributed by atoms with Crippen molar-refractivity contribution in [2.24, 2.45) is 19.8 Å². The SMILES string of the molecule is Cn1cc(-c2ccc3ncc4c(c3n2)n(C2CCN(CC(N)=O)CC2)c(=O)n4C)cn1. The van der Waals surface area contributed by atoms with Gasteiger partial charge >= 0.3 is 5.69 Å². The number of amides is 1. The Kier molecular flexibility index (Phi) is 4.58. The number of primary amides is 1. The molecule has 10 heteroatoms. The van der Waals surface area contributed by atoms with Crippen LogP contribution >= 0.6 is 0 Å². The van der Waals surface area contributed by atoms with Crippen molar-refractivity contribution in [3.8, 4) is 11.3 Å². The van der Waals surface area contributed by atoms with Gasteiger partial charge in [-0.2, -0.15) is 5.10 Å². The highest BCUT2D eigenvalue weighted by Crippen LogP contribution is 2.30. The molecule has 1 amide bonds. The Labute approximate surface area is 177 Å². The average molecular weight is 420 g/mol. The Morgan fingerprint density at radius 3 is 2.65 bits per heavy atom. The van der Waals surface area contributed by atoms with Crippen LogP contribution in [-0.4, -0.2) is 59.3 Å². The molecule has 4 aromatic rings. The second kappa shape index (κ2) is 7.31. The highest BCUT2D eigenvalue weighted by atomic mass is 16.2. The van der Waals surface area contributed by atoms with Crippen LogP contribution in [0, 0.1) is 0 Å². The molecule has 0 aliphatic carbocycles. The maximum absolute atomic E-state index is 13.2. The van der Waals surface area contributed by atoms with Gasteiger partial charge in [-0.25, -0.2) is 9.78 Å². The topological polar surface area (TPSA) is 117 Å². The van der Waals surface area contributed by atoms with Crippen molar-refractivity contribution in [2.75, 3.05) is 19.6 Å². The van der Waals surface area contributed by atoms with Crippen LogP contribution in [0.4, 0.5) is 0 Å². The van der Waals surface area contributed by atoms with Crippen LogP contribution in [0.15, 0.2) is 35.5 Å². The number of imidazole rings is 1. The number of carbonyl (C=O) groups excluding carboxylic acids is 1. The Morgan fingerprint density at radius 2 is 1.97 bits per heavy atom. The van der Waals surface area contributed by atoms with Crippen molar-refractivity contribution in [2.45, 2.75) is 18.9 Å². The summed E-state index contributed by atoms with van der Waals surface area (Å²) in [7, 11) is 3.63. The van der Waals surface area contributed by atoms with E-state index in [1.807, 2.05) is 34.8 Å². The number of aryl methyl sites for hydroxylation is 2. The van der Waals surface area contributed by atoms with Crippen LogP contribution in [-0.2, 0) is 18.9 Å². The molecule has 1 aliphatic rings. The molecule has 1 saturated heterocycles. The molecule has 0 radical (unpaired) electrons. The van der Waals surface area contributed by atoms with Crippen molar-refractivity contribution in [3.05, 3.63) is 41.2 Å². The molecule has 0 atom stereocenters. The molecule has 0 aromatic carbocycles. The zero-order valence-electron chi connectivity index (χ0n) is 17.5. The van der Waals surface area contributed by atoms with Crippen molar-refractivity contribution >= 4 is 28.0 Å². The molecule has 0 saturated carbocycles. The standard InChI is InChI=1S/C21H24N8O2/c1-26-11-13(9-24-26)15-3-4-16-19(25-15)20-17(10-23-16)27(2)21(31)29(20)14-5-7-28(8-6-14)12-18(22)30/h3-4,9-11,14H,5-8,12H2,1-2H3,(H2,22,30). The third-order valence-electron chi connectivity index (χ3n) is 6.06. The summed E-state index contributed by atoms with van der Waals surface area (Å²) in [4.78, 5) is 35.9. The molecule has 2 N–H and O–H groups in total. The molecule has 160 valence electrons. The average Bonchev–Trinajstić information content (AvgIpc) is 3.30. The number of carbonyl (C=O) groups is 1. The van der Waals surface area contributed by atoms with Crippen LogP contribution in [0.3, 0.4) is 0 Å². The lowest BCUT2D eigenvalue weighted by molar-refractivity contribution is -0.119. The Balaban J connectivity index is 1.64. The highest BCUT2D eigenvalue weighted by molar-refractivity contribution is 6.00. The minimum atomic E-state index is -0.329. The summed E-state index contributed by atoms with van der Waals surface area (Å²) in [5.41, 5.74) is 9.96. The summed E-state index contributed by atoms with van der Waals surface area (Å²) in [6, 6.07) is 3.88. The van der Waals surface area contributed by atoms with E-state index < -0.39 is 0 Å². The van der Waals surface area contributed by atoms with Crippen LogP contribution in [0.25, 0.3) is 33.3 Å². The summed E-state index contributed by atoms with van der Waals surface area (Å²) < 4.78 is 5.23. The molecule has 4 aromatic heterocycles. The Morgan fingerprint density at radius 1 is 1.19 bits per heavy atom. The van der Waals surface area contributed by atoms with E-state index in [-0.39, 0.29) is 24.2 Å². The molecule has 5 heterocycles. The molecular formula is C21H24N8O2. The molecule has 0 unspecified atom stereocenters. The van der Waals surface area contributed by atoms with Crippen LogP contribution in [0.5, 0.6) is 0 Å². The van der Waals surface area contributed by atoms with E-state index in [1.165, 1.54) is 0 Å². The maximum atomic E-state index is 13.2. The van der Waals surface area contributed by atoms with Gasteiger partial charge < -0.3 is 5.73 Å². The first-order valence-electron chi connectivity index (χ1n) is 10.3. The van der Waals surface area contributed by atoms with Crippen molar-refractivity contribution in [1.82, 2.24) is 33.8 Å². The Bertz CT molecular complexity index is 1360. The number of pyridine rings is 2. The third-order valence-corrected chi connectivity index (χ3v) is 6.06. The smallest absolute Gasteiger partial charge is 0.329 e. The van der Waals surface area contributed by atoms with Crippen LogP contribution in [0.2, 0.25) is 0 Å². The van der Waals surface area contributed by atoms with Gasteiger partial charge in [0.2, 0.25) is 5.91 Å². The van der Waals surface area contributed by atoms with Crippen molar-refractivity contribution < 1.29 is 4.79 Å². The van der Waals surface area contributed by atoms with Crippen LogP contribution < -0.4 is 11.4 Å². The summed E-state index contributed by atoms with van der Waals surface area (Å²) in [6.07, 6.45) is 6.95. The van der Waals surface area contributed by atoms with Gasteiger partial charge in [0.25, 0.3) is 0 Å². The van der Waals surface area contributed by atoms with E-state index in [4.69, 9.17) is 10.7 Å². The number of hydrogen-bond donors (Lipinski definition) is 1. The fourth-order valence-corrected chi connectivity index (χ4v) is 4.50. The number of piperidine rings is 1. The number of rotatable bonds is 4. The number of likely N-dealkylation sites (tertiary alicyclic amines) is 1. The summed E-state index contributed by atoms with van der Waals surface area (Å²) in [5, 5.41) is 4.24. The molecule has 1 aliphatic heterocycles. The van der Waals surface area contributed by atoms with E-state index >= 15 is 0 Å². The molecule has 10 nitrogen and oxygen atoms in total. The van der Waals surface area contributed by atoms with Gasteiger partial charge in [0.1, 0.15) is 5.52 Å². The first-order valence-corrected chi connectivity index (χ1v) is 10.3. The van der Waals surface area contributed by atoms with Crippen LogP contribution in [0.1, 0.15) is 18.9 Å². The number of nitrogens with two attached hydrogens (primary N) is 1. The first-order chi connectivity index (χ1) is 14.9. The van der Waals surface area contributed by atoms with Gasteiger partial charge in [-0.15, -0.1) is 0 Å². The van der Waals surface area contributed by atoms with E-state index in [2.05, 4.69) is 10.1 Å². The van der Waals surface area contributed by atoms with Crippen molar-refractivity contribution in [3.63, 3.8) is 0 Å². The van der Waals surface area contributed by atoms with Gasteiger partial charge in [-0.3, -0.25) is 28.5 Å². The summed E-state index contributed by atoms with van der Waals surface area (Å²) >= 11 is 0. The van der Waals surface area contributed by atoms with Gasteiger partial charge in [0.05, 0.1) is 41.2 Å². The van der Waals surface area contributed by atoms with Gasteiger partial charge in [-0.1, -0.05) is 0 Å². The molecule has 0 bridgehead atoms. The second-order valence-corrected chi connectivity index (χ2v) is 8.14. The second-order valence-electron chi connectivity index (χ2n) is 8.14. The predicted octanol–water partition coefficient (Wildman–Crippen LogP) is 0.806. The lowest BCUT2D eigenvalue weighted by Crippen LogP contribution is -2.41. The number of nitrogens with zero attached hydrogens (tertiary/aromatic N) is 7. The Hall–Kier alpha value is -3.53. The number of aromatic nitrogens is 6. The maximum Gasteiger partial charge on any atom is 0.329 e. The first kappa shape index (κ1) is 19.4. The van der Waals surface area contributed by atoms with Gasteiger partial charge in [-0.05, 0) is 25.0 Å². The largest absolute Gasteiger partial charge is 0.369 e. The fraction of sp³-hybridized carbons (Fsp3) is 0.381. The quantitative estimate of drug-likeness (QED) is 0.522. The van der Waals surface area contributed by atoms with E-state index in [0.717, 1.165) is 40.6 Å². The minimum absolute atomic E-state index is 0.0229. The van der Waals surface area contributed by atoms with Gasteiger partial charge in [0, 0.05) is 45.0 Å².